The lowest BCUT2D eigenvalue weighted by Gasteiger charge is -2.36. The Bertz CT molecular complexity index is 1260. The SMILES string of the molecule is C=O.CCOc1c(Nc2ccc(Cl)c(S(=O)(=O)N3CCN4C(=O)CCC4C3)c2O)c(=O)c1=O. The van der Waals surface area contributed by atoms with Crippen molar-refractivity contribution in [2.24, 2.45) is 0 Å². The summed E-state index contributed by atoms with van der Waals surface area (Å²) in [6.07, 6.45) is 0.949. The Morgan fingerprint density at radius 2 is 1.91 bits per heavy atom. The second-order valence-corrected chi connectivity index (χ2v) is 9.62. The van der Waals surface area contributed by atoms with Crippen molar-refractivity contribution in [3.8, 4) is 11.5 Å². The highest BCUT2D eigenvalue weighted by molar-refractivity contribution is 7.89. The summed E-state index contributed by atoms with van der Waals surface area (Å²) in [6, 6.07) is 2.37. The number of halogens is 1. The van der Waals surface area contributed by atoms with Crippen LogP contribution in [0.15, 0.2) is 26.6 Å². The van der Waals surface area contributed by atoms with Gasteiger partial charge in [0.2, 0.25) is 15.9 Å². The molecule has 2 heterocycles. The van der Waals surface area contributed by atoms with Gasteiger partial charge in [0, 0.05) is 32.1 Å². The summed E-state index contributed by atoms with van der Waals surface area (Å²) in [4.78, 5) is 44.6. The van der Waals surface area contributed by atoms with E-state index in [4.69, 9.17) is 21.1 Å². The molecular weight excluding hydrogens is 478 g/mol. The second kappa shape index (κ2) is 9.49. The van der Waals surface area contributed by atoms with Gasteiger partial charge < -0.3 is 24.9 Å². The van der Waals surface area contributed by atoms with Crippen LogP contribution in [0.1, 0.15) is 19.8 Å². The Morgan fingerprint density at radius 1 is 1.21 bits per heavy atom. The largest absolute Gasteiger partial charge is 0.504 e. The molecule has 2 N–H and O–H groups in total. The van der Waals surface area contributed by atoms with Gasteiger partial charge in [-0.1, -0.05) is 11.6 Å². The number of amides is 1. The lowest BCUT2D eigenvalue weighted by molar-refractivity contribution is -0.130. The van der Waals surface area contributed by atoms with Gasteiger partial charge in [-0.25, -0.2) is 8.42 Å². The first-order valence-corrected chi connectivity index (χ1v) is 11.8. The van der Waals surface area contributed by atoms with Gasteiger partial charge in [-0.05, 0) is 25.5 Å². The van der Waals surface area contributed by atoms with E-state index < -0.39 is 31.5 Å². The zero-order chi connectivity index (χ0) is 24.5. The summed E-state index contributed by atoms with van der Waals surface area (Å²) in [5, 5.41) is 13.1. The Kier molecular flexibility index (Phi) is 7.10. The smallest absolute Gasteiger partial charge is 0.272 e. The minimum Gasteiger partial charge on any atom is -0.504 e. The molecule has 0 aromatic heterocycles. The molecule has 178 valence electrons. The van der Waals surface area contributed by atoms with Gasteiger partial charge >= 0.3 is 0 Å². The van der Waals surface area contributed by atoms with E-state index in [0.29, 0.717) is 12.8 Å². The lowest BCUT2D eigenvalue weighted by atomic mass is 10.2. The molecule has 2 aromatic rings. The van der Waals surface area contributed by atoms with E-state index in [1.165, 1.54) is 16.4 Å². The minimum absolute atomic E-state index is 0.00668. The number of anilines is 2. The molecule has 2 saturated heterocycles. The summed E-state index contributed by atoms with van der Waals surface area (Å²) in [7, 11) is -4.20. The molecule has 13 heteroatoms. The number of carbonyl (C=O) groups is 2. The highest BCUT2D eigenvalue weighted by Gasteiger charge is 2.41. The van der Waals surface area contributed by atoms with Gasteiger partial charge in [0.25, 0.3) is 10.9 Å². The standard InChI is InChI=1S/C19H20ClN3O7S.CH2O/c1-2-30-18-14(16(26)17(18)27)21-12-5-4-11(20)19(15(12)25)31(28,29)22-7-8-23-10(9-22)3-6-13(23)24;1-2/h4-5,10,21,25H,2-3,6-9H2,1H3;1H2. The van der Waals surface area contributed by atoms with Crippen LogP contribution in [0, 0.1) is 0 Å². The minimum atomic E-state index is -4.20. The molecule has 2 aromatic carbocycles. The molecule has 0 spiro atoms. The van der Waals surface area contributed by atoms with Crippen LogP contribution in [0.4, 0.5) is 11.4 Å². The molecule has 1 unspecified atom stereocenters. The van der Waals surface area contributed by atoms with Gasteiger partial charge in [0.15, 0.2) is 11.5 Å². The van der Waals surface area contributed by atoms with Crippen molar-refractivity contribution >= 4 is 45.7 Å². The predicted molar refractivity (Wildman–Crippen MR) is 120 cm³/mol. The van der Waals surface area contributed by atoms with E-state index in [9.17, 15) is 27.9 Å². The maximum Gasteiger partial charge on any atom is 0.272 e. The number of benzene rings is 1. The van der Waals surface area contributed by atoms with Gasteiger partial charge in [-0.15, -0.1) is 0 Å². The number of fused-ring (bicyclic) bond motifs is 1. The van der Waals surface area contributed by atoms with Crippen LogP contribution >= 0.6 is 11.6 Å². The van der Waals surface area contributed by atoms with E-state index in [1.54, 1.807) is 11.8 Å². The van der Waals surface area contributed by atoms with Crippen LogP contribution in [0.5, 0.6) is 11.5 Å². The summed E-state index contributed by atoms with van der Waals surface area (Å²) in [6.45, 7) is 4.24. The molecule has 2 aliphatic rings. The van der Waals surface area contributed by atoms with Crippen molar-refractivity contribution in [1.29, 1.82) is 0 Å². The molecule has 2 fully saturated rings. The number of rotatable bonds is 6. The number of nitrogens with one attached hydrogen (secondary N) is 1. The lowest BCUT2D eigenvalue weighted by Crippen LogP contribution is -2.53. The summed E-state index contributed by atoms with van der Waals surface area (Å²) >= 11 is 6.14. The molecule has 0 bridgehead atoms. The van der Waals surface area contributed by atoms with Crippen molar-refractivity contribution in [3.63, 3.8) is 0 Å². The van der Waals surface area contributed by atoms with E-state index >= 15 is 0 Å². The van der Waals surface area contributed by atoms with Crippen LogP contribution in [-0.4, -0.2) is 67.7 Å². The van der Waals surface area contributed by atoms with E-state index in [-0.39, 0.29) is 60.3 Å². The summed E-state index contributed by atoms with van der Waals surface area (Å²) < 4.78 is 32.9. The third kappa shape index (κ3) is 4.21. The first-order chi connectivity index (χ1) is 15.7. The first kappa shape index (κ1) is 24.7. The normalized spacial score (nSPS) is 18.5. The van der Waals surface area contributed by atoms with Crippen LogP contribution < -0.4 is 20.9 Å². The van der Waals surface area contributed by atoms with Crippen molar-refractivity contribution < 1.29 is 27.9 Å². The van der Waals surface area contributed by atoms with Crippen LogP contribution in [0.25, 0.3) is 0 Å². The highest BCUT2D eigenvalue weighted by Crippen LogP contribution is 2.41. The Labute approximate surface area is 194 Å². The average molecular weight is 500 g/mol. The molecule has 2 aliphatic heterocycles. The number of carbonyl (C=O) groups excluding carboxylic acids is 2. The van der Waals surface area contributed by atoms with Gasteiger partial charge in [-0.3, -0.25) is 14.4 Å². The number of phenols is 1. The van der Waals surface area contributed by atoms with Crippen molar-refractivity contribution in [2.45, 2.75) is 30.7 Å². The Hall–Kier alpha value is -2.96. The summed E-state index contributed by atoms with van der Waals surface area (Å²) in [5.41, 5.74) is -1.89. The van der Waals surface area contributed by atoms with Crippen molar-refractivity contribution in [3.05, 3.63) is 37.6 Å². The fraction of sp³-hybridized carbons (Fsp3) is 0.400. The summed E-state index contributed by atoms with van der Waals surface area (Å²) in [5.74, 6) is -0.839. The monoisotopic (exact) mass is 499 g/mol. The molecule has 11 nitrogen and oxygen atoms in total. The Balaban J connectivity index is 0.00000149. The number of aromatic hydroxyl groups is 1. The third-order valence-electron chi connectivity index (χ3n) is 5.55. The molecule has 1 atom stereocenters. The number of piperazine rings is 1. The van der Waals surface area contributed by atoms with Gasteiger partial charge in [-0.2, -0.15) is 4.31 Å². The molecule has 0 radical (unpaired) electrons. The van der Waals surface area contributed by atoms with Crippen LogP contribution in [0.3, 0.4) is 0 Å². The molecule has 1 amide bonds. The third-order valence-corrected chi connectivity index (χ3v) is 7.92. The second-order valence-electron chi connectivity index (χ2n) is 7.34. The number of hydrogen-bond donors (Lipinski definition) is 2. The fourth-order valence-corrected chi connectivity index (χ4v) is 6.04. The van der Waals surface area contributed by atoms with Crippen molar-refractivity contribution in [1.82, 2.24) is 9.21 Å². The predicted octanol–water partition coefficient (Wildman–Crippen LogP) is 0.594. The maximum atomic E-state index is 13.3. The van der Waals surface area contributed by atoms with E-state index in [0.717, 1.165) is 0 Å². The van der Waals surface area contributed by atoms with E-state index in [2.05, 4.69) is 5.32 Å². The average Bonchev–Trinajstić information content (AvgIpc) is 3.18. The first-order valence-electron chi connectivity index (χ1n) is 9.99. The maximum absolute atomic E-state index is 13.3. The van der Waals surface area contributed by atoms with Crippen molar-refractivity contribution in [2.75, 3.05) is 31.6 Å². The zero-order valence-corrected chi connectivity index (χ0v) is 19.2. The highest BCUT2D eigenvalue weighted by atomic mass is 35.5. The number of ether oxygens (including phenoxy) is 1. The molecule has 4 rings (SSSR count). The van der Waals surface area contributed by atoms with Gasteiger partial charge in [0.05, 0.1) is 17.3 Å². The quantitative estimate of drug-likeness (QED) is 0.430. The van der Waals surface area contributed by atoms with Gasteiger partial charge in [0.1, 0.15) is 17.4 Å². The molecule has 33 heavy (non-hydrogen) atoms. The fourth-order valence-electron chi connectivity index (χ4n) is 3.98. The zero-order valence-electron chi connectivity index (χ0n) is 17.7. The molecular formula is C20H22ClN3O8S. The number of sulfonamides is 1. The Morgan fingerprint density at radius 3 is 2.58 bits per heavy atom. The van der Waals surface area contributed by atoms with E-state index in [1.807, 2.05) is 6.79 Å². The van der Waals surface area contributed by atoms with Crippen LogP contribution in [-0.2, 0) is 19.6 Å². The number of nitrogens with zero attached hydrogens (tertiary/aromatic N) is 2. The topological polar surface area (TPSA) is 150 Å². The van der Waals surface area contributed by atoms with Crippen LogP contribution in [0.2, 0.25) is 5.02 Å². The number of phenolic OH excluding ortho intramolecular Hbond substituents is 1. The number of hydrogen-bond acceptors (Lipinski definition) is 9. The molecule has 0 aliphatic carbocycles. The molecule has 0 saturated carbocycles.